The molecule has 2 nitrogen and oxygen atoms in total. The van der Waals surface area contributed by atoms with Gasteiger partial charge in [-0.3, -0.25) is 4.79 Å². The largest absolute Gasteiger partial charge is 0.458 e. The Morgan fingerprint density at radius 3 is 3.15 bits per heavy atom. The van der Waals surface area contributed by atoms with Crippen molar-refractivity contribution in [3.8, 4) is 0 Å². The van der Waals surface area contributed by atoms with Crippen LogP contribution in [0, 0.1) is 0 Å². The van der Waals surface area contributed by atoms with Gasteiger partial charge >= 0.3 is 5.97 Å². The Morgan fingerprint density at radius 2 is 2.46 bits per heavy atom. The van der Waals surface area contributed by atoms with Gasteiger partial charge in [0, 0.05) is 11.8 Å². The Hall–Kier alpha value is -0.570. The first kappa shape index (κ1) is 10.5. The monoisotopic (exact) mass is 244 g/mol. The van der Waals surface area contributed by atoms with Crippen LogP contribution in [0.4, 0.5) is 0 Å². The minimum atomic E-state index is -0.124. The van der Waals surface area contributed by atoms with E-state index >= 15 is 0 Å². The minimum absolute atomic E-state index is 0.0483. The molecule has 3 heteroatoms. The van der Waals surface area contributed by atoms with Crippen molar-refractivity contribution in [2.75, 3.05) is 5.33 Å². The summed E-state index contributed by atoms with van der Waals surface area (Å²) >= 11 is 3.33. The van der Waals surface area contributed by atoms with E-state index in [0.717, 1.165) is 18.2 Å². The lowest BCUT2D eigenvalue weighted by Gasteiger charge is -2.15. The van der Waals surface area contributed by atoms with Crippen molar-refractivity contribution in [1.82, 2.24) is 0 Å². The number of hydrogen-bond donors (Lipinski definition) is 0. The van der Waals surface area contributed by atoms with Crippen molar-refractivity contribution < 1.29 is 9.53 Å². The maximum Gasteiger partial charge on any atom is 0.310 e. The molecule has 0 aromatic rings. The molecule has 1 aliphatic heterocycles. The summed E-state index contributed by atoms with van der Waals surface area (Å²) in [5, 5.41) is 0.976. The fourth-order valence-electron chi connectivity index (χ4n) is 1.11. The quantitative estimate of drug-likeness (QED) is 0.432. The molecule has 0 saturated carbocycles. The molecule has 13 heavy (non-hydrogen) atoms. The lowest BCUT2D eigenvalue weighted by atomic mass is 10.1. The van der Waals surface area contributed by atoms with Gasteiger partial charge in [0.1, 0.15) is 6.10 Å². The second kappa shape index (κ2) is 5.97. The Morgan fingerprint density at radius 1 is 1.62 bits per heavy atom. The molecule has 0 aromatic heterocycles. The highest BCUT2D eigenvalue weighted by atomic mass is 79.9. The number of ether oxygens (including phenoxy) is 1. The standard InChI is InChI=1S/C10H13BrO2/c11-8-3-1-2-5-9-6-4-7-10(12)13-9/h1-2,4,6,9H,3,5,7-8H2/b2-1+. The summed E-state index contributed by atoms with van der Waals surface area (Å²) in [4.78, 5) is 10.9. The highest BCUT2D eigenvalue weighted by Crippen LogP contribution is 2.10. The Kier molecular flexibility index (Phi) is 4.83. The summed E-state index contributed by atoms with van der Waals surface area (Å²) in [6.07, 6.45) is 10.1. The highest BCUT2D eigenvalue weighted by Gasteiger charge is 2.12. The highest BCUT2D eigenvalue weighted by molar-refractivity contribution is 9.09. The number of carbonyl (C=O) groups excluding carboxylic acids is 1. The summed E-state index contributed by atoms with van der Waals surface area (Å²) < 4.78 is 5.08. The Balaban J connectivity index is 2.25. The number of alkyl halides is 1. The molecule has 1 unspecified atom stereocenters. The molecule has 0 bridgehead atoms. The van der Waals surface area contributed by atoms with Crippen LogP contribution in [-0.2, 0) is 9.53 Å². The average Bonchev–Trinajstić information content (AvgIpc) is 2.13. The molecule has 1 rings (SSSR count). The van der Waals surface area contributed by atoms with E-state index in [2.05, 4.69) is 28.1 Å². The third-order valence-electron chi connectivity index (χ3n) is 1.73. The van der Waals surface area contributed by atoms with E-state index in [4.69, 9.17) is 4.74 Å². The molecular formula is C10H13BrO2. The number of rotatable bonds is 4. The third kappa shape index (κ3) is 4.27. The average molecular weight is 245 g/mol. The molecule has 0 N–H and O–H groups in total. The van der Waals surface area contributed by atoms with Crippen LogP contribution in [0.3, 0.4) is 0 Å². The van der Waals surface area contributed by atoms with Crippen molar-refractivity contribution in [2.45, 2.75) is 25.4 Å². The fourth-order valence-corrected chi connectivity index (χ4v) is 1.37. The van der Waals surface area contributed by atoms with Gasteiger partial charge in [0.2, 0.25) is 0 Å². The molecule has 0 radical (unpaired) electrons. The molecule has 1 atom stereocenters. The van der Waals surface area contributed by atoms with Crippen LogP contribution in [-0.4, -0.2) is 17.4 Å². The molecular weight excluding hydrogens is 232 g/mol. The molecule has 0 aromatic carbocycles. The van der Waals surface area contributed by atoms with Crippen LogP contribution in [0.25, 0.3) is 0 Å². The number of esters is 1. The SMILES string of the molecule is O=C1CC=CC(C/C=C/CCBr)O1. The molecule has 0 amide bonds. The zero-order chi connectivity index (χ0) is 9.52. The van der Waals surface area contributed by atoms with Crippen molar-refractivity contribution in [3.05, 3.63) is 24.3 Å². The molecule has 0 aliphatic carbocycles. The van der Waals surface area contributed by atoms with Gasteiger partial charge in [0.15, 0.2) is 0 Å². The predicted molar refractivity (Wildman–Crippen MR) is 55.8 cm³/mol. The third-order valence-corrected chi connectivity index (χ3v) is 2.19. The number of allylic oxidation sites excluding steroid dienone is 1. The topological polar surface area (TPSA) is 26.3 Å². The summed E-state index contributed by atoms with van der Waals surface area (Å²) in [6.45, 7) is 0. The Bertz CT molecular complexity index is 221. The zero-order valence-electron chi connectivity index (χ0n) is 7.41. The lowest BCUT2D eigenvalue weighted by molar-refractivity contribution is -0.146. The zero-order valence-corrected chi connectivity index (χ0v) is 9.00. The van der Waals surface area contributed by atoms with E-state index < -0.39 is 0 Å². The molecule has 0 spiro atoms. The van der Waals surface area contributed by atoms with E-state index in [1.807, 2.05) is 12.2 Å². The first-order valence-corrected chi connectivity index (χ1v) is 5.52. The maximum atomic E-state index is 10.9. The van der Waals surface area contributed by atoms with Crippen molar-refractivity contribution in [2.24, 2.45) is 0 Å². The van der Waals surface area contributed by atoms with Crippen molar-refractivity contribution in [1.29, 1.82) is 0 Å². The van der Waals surface area contributed by atoms with Crippen LogP contribution >= 0.6 is 15.9 Å². The van der Waals surface area contributed by atoms with Crippen LogP contribution < -0.4 is 0 Å². The summed E-state index contributed by atoms with van der Waals surface area (Å²) in [5.74, 6) is -0.124. The van der Waals surface area contributed by atoms with E-state index in [0.29, 0.717) is 6.42 Å². The van der Waals surface area contributed by atoms with Crippen molar-refractivity contribution in [3.63, 3.8) is 0 Å². The first-order chi connectivity index (χ1) is 6.33. The molecule has 72 valence electrons. The van der Waals surface area contributed by atoms with E-state index in [9.17, 15) is 4.79 Å². The first-order valence-electron chi connectivity index (χ1n) is 4.40. The minimum Gasteiger partial charge on any atom is -0.458 e. The summed E-state index contributed by atoms with van der Waals surface area (Å²) in [7, 11) is 0. The van der Waals surface area contributed by atoms with Crippen LogP contribution in [0.15, 0.2) is 24.3 Å². The normalized spacial score (nSPS) is 22.2. The van der Waals surface area contributed by atoms with Gasteiger partial charge in [-0.25, -0.2) is 0 Å². The number of cyclic esters (lactones) is 1. The molecule has 0 saturated heterocycles. The summed E-state index contributed by atoms with van der Waals surface area (Å²) in [5.41, 5.74) is 0. The smallest absolute Gasteiger partial charge is 0.310 e. The lowest BCUT2D eigenvalue weighted by Crippen LogP contribution is -2.18. The van der Waals surface area contributed by atoms with Crippen LogP contribution in [0.5, 0.6) is 0 Å². The van der Waals surface area contributed by atoms with Gasteiger partial charge in [-0.05, 0) is 12.5 Å². The van der Waals surface area contributed by atoms with Gasteiger partial charge in [-0.1, -0.05) is 34.2 Å². The van der Waals surface area contributed by atoms with Crippen LogP contribution in [0.2, 0.25) is 0 Å². The van der Waals surface area contributed by atoms with Gasteiger partial charge in [-0.15, -0.1) is 0 Å². The van der Waals surface area contributed by atoms with Crippen LogP contribution in [0.1, 0.15) is 19.3 Å². The summed E-state index contributed by atoms with van der Waals surface area (Å²) in [6, 6.07) is 0. The number of carbonyl (C=O) groups is 1. The van der Waals surface area contributed by atoms with E-state index in [1.165, 1.54) is 0 Å². The maximum absolute atomic E-state index is 10.9. The number of halogens is 1. The Labute approximate surface area is 86.8 Å². The molecule has 0 fully saturated rings. The number of hydrogen-bond acceptors (Lipinski definition) is 2. The second-order valence-corrected chi connectivity index (χ2v) is 3.64. The van der Waals surface area contributed by atoms with Gasteiger partial charge in [-0.2, -0.15) is 0 Å². The predicted octanol–water partition coefficient (Wildman–Crippen LogP) is 2.59. The van der Waals surface area contributed by atoms with Gasteiger partial charge in [0.05, 0.1) is 6.42 Å². The van der Waals surface area contributed by atoms with Gasteiger partial charge in [0.25, 0.3) is 0 Å². The second-order valence-electron chi connectivity index (χ2n) is 2.85. The van der Waals surface area contributed by atoms with E-state index in [1.54, 1.807) is 0 Å². The van der Waals surface area contributed by atoms with Gasteiger partial charge < -0.3 is 4.74 Å². The van der Waals surface area contributed by atoms with Crippen molar-refractivity contribution >= 4 is 21.9 Å². The fraction of sp³-hybridized carbons (Fsp3) is 0.500. The molecule has 1 aliphatic rings. The molecule has 1 heterocycles. The van der Waals surface area contributed by atoms with E-state index in [-0.39, 0.29) is 12.1 Å².